The number of aryl methyl sites for hydroxylation is 2. The maximum atomic E-state index is 6.33. The third kappa shape index (κ3) is 2.02. The second-order valence-corrected chi connectivity index (χ2v) is 6.29. The molecule has 0 saturated heterocycles. The van der Waals surface area contributed by atoms with E-state index in [1.54, 1.807) is 6.07 Å². The number of hydrogen-bond acceptors (Lipinski definition) is 0. The maximum absolute atomic E-state index is 6.33. The molecule has 106 valence electrons. The second-order valence-electron chi connectivity index (χ2n) is 5.44. The molecule has 0 atom stereocenters. The minimum atomic E-state index is 0.664. The average Bonchev–Trinajstić information content (AvgIpc) is 3.02. The van der Waals surface area contributed by atoms with Crippen molar-refractivity contribution in [3.63, 3.8) is 0 Å². The first-order valence-corrected chi connectivity index (χ1v) is 7.71. The summed E-state index contributed by atoms with van der Waals surface area (Å²) < 4.78 is 4.66. The van der Waals surface area contributed by atoms with Gasteiger partial charge in [0.1, 0.15) is 0 Å². The van der Waals surface area contributed by atoms with Crippen molar-refractivity contribution in [3.05, 3.63) is 58.3 Å². The Morgan fingerprint density at radius 1 is 0.952 bits per heavy atom. The molecule has 21 heavy (non-hydrogen) atoms. The van der Waals surface area contributed by atoms with Crippen LogP contribution in [0.1, 0.15) is 5.69 Å². The quantitative estimate of drug-likeness (QED) is 0.580. The van der Waals surface area contributed by atoms with Gasteiger partial charge >= 0.3 is 0 Å². The molecule has 0 unspecified atom stereocenters. The normalized spacial score (nSPS) is 13.1. The smallest absolute Gasteiger partial charge is 0.0655 e. The molecule has 3 heterocycles. The van der Waals surface area contributed by atoms with Crippen LogP contribution >= 0.6 is 23.2 Å². The largest absolute Gasteiger partial charge is 0.344 e. The van der Waals surface area contributed by atoms with Gasteiger partial charge in [-0.2, -0.15) is 0 Å². The van der Waals surface area contributed by atoms with Gasteiger partial charge in [0.2, 0.25) is 0 Å². The first-order chi connectivity index (χ1) is 10.1. The lowest BCUT2D eigenvalue weighted by Gasteiger charge is -2.20. The van der Waals surface area contributed by atoms with Crippen LogP contribution in [0.3, 0.4) is 0 Å². The molecule has 2 aromatic heterocycles. The fourth-order valence-electron chi connectivity index (χ4n) is 3.08. The van der Waals surface area contributed by atoms with Gasteiger partial charge in [-0.15, -0.1) is 0 Å². The van der Waals surface area contributed by atoms with Crippen LogP contribution in [-0.2, 0) is 13.1 Å². The van der Waals surface area contributed by atoms with E-state index >= 15 is 0 Å². The van der Waals surface area contributed by atoms with Crippen LogP contribution < -0.4 is 0 Å². The van der Waals surface area contributed by atoms with Crippen molar-refractivity contribution in [2.24, 2.45) is 0 Å². The van der Waals surface area contributed by atoms with Crippen LogP contribution in [0.2, 0.25) is 10.0 Å². The molecule has 0 spiro atoms. The highest BCUT2D eigenvalue weighted by atomic mass is 35.5. The molecule has 0 bridgehead atoms. The number of halogens is 2. The Hall–Kier alpha value is -1.64. The molecule has 4 heteroatoms. The van der Waals surface area contributed by atoms with Crippen molar-refractivity contribution in [1.82, 2.24) is 9.13 Å². The predicted molar refractivity (Wildman–Crippen MR) is 88.1 cm³/mol. The predicted octanol–water partition coefficient (Wildman–Crippen LogP) is 5.25. The topological polar surface area (TPSA) is 9.86 Å². The van der Waals surface area contributed by atoms with Crippen LogP contribution in [0, 0.1) is 6.92 Å². The van der Waals surface area contributed by atoms with E-state index in [-0.39, 0.29) is 0 Å². The summed E-state index contributed by atoms with van der Waals surface area (Å²) in [5.74, 6) is 0. The van der Waals surface area contributed by atoms with Crippen molar-refractivity contribution in [3.8, 4) is 22.5 Å². The van der Waals surface area contributed by atoms with E-state index in [2.05, 4.69) is 40.5 Å². The number of aromatic nitrogens is 2. The van der Waals surface area contributed by atoms with E-state index in [1.807, 2.05) is 12.1 Å². The van der Waals surface area contributed by atoms with Gasteiger partial charge in [-0.1, -0.05) is 29.3 Å². The Balaban J connectivity index is 1.86. The first kappa shape index (κ1) is 13.1. The molecule has 0 aliphatic carbocycles. The molecule has 4 rings (SSSR count). The summed E-state index contributed by atoms with van der Waals surface area (Å²) in [6, 6.07) is 12.2. The number of hydrogen-bond donors (Lipinski definition) is 0. The monoisotopic (exact) mass is 316 g/mol. The van der Waals surface area contributed by atoms with Gasteiger partial charge in [0.05, 0.1) is 11.4 Å². The lowest BCUT2D eigenvalue weighted by atomic mass is 10.1. The first-order valence-electron chi connectivity index (χ1n) is 6.95. The SMILES string of the molecule is Cc1ccc2n1CCn1cc(-c3ccc(Cl)cc3Cl)cc1-2. The lowest BCUT2D eigenvalue weighted by molar-refractivity contribution is 0.552. The van der Waals surface area contributed by atoms with Crippen LogP contribution in [-0.4, -0.2) is 9.13 Å². The fraction of sp³-hybridized carbons (Fsp3) is 0.176. The van der Waals surface area contributed by atoms with Crippen LogP contribution in [0.15, 0.2) is 42.6 Å². The lowest BCUT2D eigenvalue weighted by Crippen LogP contribution is -2.15. The second kappa shape index (κ2) is 4.69. The van der Waals surface area contributed by atoms with E-state index in [4.69, 9.17) is 23.2 Å². The molecule has 1 aliphatic heterocycles. The summed E-state index contributed by atoms with van der Waals surface area (Å²) in [6.45, 7) is 4.16. The zero-order chi connectivity index (χ0) is 14.6. The van der Waals surface area contributed by atoms with E-state index in [0.717, 1.165) is 24.2 Å². The Morgan fingerprint density at radius 2 is 1.81 bits per heavy atom. The molecule has 0 fully saturated rings. The summed E-state index contributed by atoms with van der Waals surface area (Å²) in [4.78, 5) is 0. The Labute approximate surface area is 133 Å². The third-order valence-electron chi connectivity index (χ3n) is 4.16. The van der Waals surface area contributed by atoms with E-state index < -0.39 is 0 Å². The van der Waals surface area contributed by atoms with Crippen molar-refractivity contribution in [1.29, 1.82) is 0 Å². The van der Waals surface area contributed by atoms with Gasteiger partial charge in [-0.05, 0) is 37.3 Å². The molecule has 1 aliphatic rings. The van der Waals surface area contributed by atoms with Crippen LogP contribution in [0.4, 0.5) is 0 Å². The average molecular weight is 317 g/mol. The van der Waals surface area contributed by atoms with Crippen LogP contribution in [0.5, 0.6) is 0 Å². The molecule has 0 saturated carbocycles. The van der Waals surface area contributed by atoms with Gasteiger partial charge < -0.3 is 9.13 Å². The number of rotatable bonds is 1. The van der Waals surface area contributed by atoms with Gasteiger partial charge in [-0.3, -0.25) is 0 Å². The van der Waals surface area contributed by atoms with Gasteiger partial charge in [0.25, 0.3) is 0 Å². The molecule has 0 radical (unpaired) electrons. The highest BCUT2D eigenvalue weighted by Gasteiger charge is 2.19. The number of benzene rings is 1. The molecular formula is C17H14Cl2N2. The van der Waals surface area contributed by atoms with Crippen molar-refractivity contribution < 1.29 is 0 Å². The van der Waals surface area contributed by atoms with Gasteiger partial charge in [-0.25, -0.2) is 0 Å². The fourth-order valence-corrected chi connectivity index (χ4v) is 3.60. The standard InChI is InChI=1S/C17H14Cl2N2/c1-11-2-5-16-17-8-12(10-20(17)6-7-21(11)16)14-4-3-13(18)9-15(14)19/h2-5,8-10H,6-7H2,1H3. The van der Waals surface area contributed by atoms with E-state index in [9.17, 15) is 0 Å². The molecule has 0 amide bonds. The molecular weight excluding hydrogens is 303 g/mol. The summed E-state index contributed by atoms with van der Waals surface area (Å²) in [5, 5.41) is 1.36. The minimum absolute atomic E-state index is 0.664. The van der Waals surface area contributed by atoms with E-state index in [0.29, 0.717) is 10.0 Å². The molecule has 2 nitrogen and oxygen atoms in total. The Morgan fingerprint density at radius 3 is 2.62 bits per heavy atom. The summed E-state index contributed by atoms with van der Waals surface area (Å²) >= 11 is 12.3. The highest BCUT2D eigenvalue weighted by molar-refractivity contribution is 6.36. The molecule has 0 N–H and O–H groups in total. The number of fused-ring (bicyclic) bond motifs is 3. The zero-order valence-electron chi connectivity index (χ0n) is 11.6. The Bertz CT molecular complexity index is 843. The third-order valence-corrected chi connectivity index (χ3v) is 4.71. The van der Waals surface area contributed by atoms with Crippen molar-refractivity contribution in [2.45, 2.75) is 20.0 Å². The van der Waals surface area contributed by atoms with Crippen LogP contribution in [0.25, 0.3) is 22.5 Å². The van der Waals surface area contributed by atoms with Crippen molar-refractivity contribution >= 4 is 23.2 Å². The highest BCUT2D eigenvalue weighted by Crippen LogP contribution is 2.36. The summed E-state index contributed by atoms with van der Waals surface area (Å²) in [6.07, 6.45) is 2.18. The molecule has 1 aromatic carbocycles. The number of nitrogens with zero attached hydrogens (tertiary/aromatic N) is 2. The maximum Gasteiger partial charge on any atom is 0.0655 e. The summed E-state index contributed by atoms with van der Waals surface area (Å²) in [7, 11) is 0. The Kier molecular flexibility index (Phi) is 2.91. The zero-order valence-corrected chi connectivity index (χ0v) is 13.1. The summed E-state index contributed by atoms with van der Waals surface area (Å²) in [5.41, 5.74) is 5.99. The van der Waals surface area contributed by atoms with Crippen molar-refractivity contribution in [2.75, 3.05) is 0 Å². The molecule has 3 aromatic rings. The van der Waals surface area contributed by atoms with Gasteiger partial charge in [0, 0.05) is 46.2 Å². The van der Waals surface area contributed by atoms with Gasteiger partial charge in [0.15, 0.2) is 0 Å². The minimum Gasteiger partial charge on any atom is -0.344 e. The van der Waals surface area contributed by atoms with E-state index in [1.165, 1.54) is 17.1 Å².